The molecule has 2 aromatic rings. The summed E-state index contributed by atoms with van der Waals surface area (Å²) >= 11 is 1.78. The number of thiazole rings is 1. The molecule has 26 heavy (non-hydrogen) atoms. The summed E-state index contributed by atoms with van der Waals surface area (Å²) in [7, 11) is 1.77. The molecule has 0 aliphatic carbocycles. The average molecular weight is 489 g/mol. The molecule has 2 rings (SSSR count). The van der Waals surface area contributed by atoms with E-state index in [9.17, 15) is 0 Å². The molecular formula is C18H28IN5OS. The predicted octanol–water partition coefficient (Wildman–Crippen LogP) is 3.41. The fraction of sp³-hybridized carbons (Fsp3) is 0.500. The van der Waals surface area contributed by atoms with Gasteiger partial charge in [0.05, 0.1) is 11.1 Å². The molecule has 0 fully saturated rings. The second-order valence-corrected chi connectivity index (χ2v) is 7.05. The minimum absolute atomic E-state index is 0. The van der Waals surface area contributed by atoms with Crippen molar-refractivity contribution in [2.45, 2.75) is 46.3 Å². The number of aliphatic imine (C=N–C) groups is 1. The number of nitrogens with one attached hydrogen (secondary N) is 2. The van der Waals surface area contributed by atoms with E-state index in [2.05, 4.69) is 32.5 Å². The molecule has 0 unspecified atom stereocenters. The first kappa shape index (κ1) is 22.6. The zero-order valence-corrected chi connectivity index (χ0v) is 18.9. The van der Waals surface area contributed by atoms with Gasteiger partial charge in [0.1, 0.15) is 0 Å². The van der Waals surface area contributed by atoms with Crippen LogP contribution in [-0.4, -0.2) is 35.6 Å². The molecule has 0 spiro atoms. The Kier molecular flexibility index (Phi) is 10.5. The van der Waals surface area contributed by atoms with Crippen molar-refractivity contribution in [3.05, 3.63) is 40.0 Å². The van der Waals surface area contributed by atoms with Crippen LogP contribution in [0, 0.1) is 0 Å². The molecular weight excluding hydrogens is 461 g/mol. The van der Waals surface area contributed by atoms with Crippen LogP contribution < -0.4 is 15.4 Å². The zero-order valence-electron chi connectivity index (χ0n) is 15.8. The quantitative estimate of drug-likeness (QED) is 0.338. The van der Waals surface area contributed by atoms with Crippen molar-refractivity contribution in [3.63, 3.8) is 0 Å². The first-order valence-electron chi connectivity index (χ1n) is 8.60. The van der Waals surface area contributed by atoms with Crippen molar-refractivity contribution in [2.24, 2.45) is 4.99 Å². The number of halogens is 1. The molecule has 0 aliphatic heterocycles. The van der Waals surface area contributed by atoms with Crippen LogP contribution in [0.15, 0.2) is 29.5 Å². The number of pyridine rings is 1. The second-order valence-electron chi connectivity index (χ2n) is 5.85. The third kappa shape index (κ3) is 7.86. The Balaban J connectivity index is 0.00000338. The summed E-state index contributed by atoms with van der Waals surface area (Å²) < 4.78 is 5.55. The van der Waals surface area contributed by atoms with Crippen molar-refractivity contribution in [2.75, 3.05) is 13.6 Å². The standard InChI is InChI=1S/C18H27N5OS.HI/c1-5-15-12-22-17(25-15)8-9-20-18(19-4)23-11-14-6-7-16(21-10-14)24-13(2)3;/h6-7,10,12-13H,5,8-9,11H2,1-4H3,(H2,19,20,23);1H. The molecule has 0 saturated carbocycles. The van der Waals surface area contributed by atoms with E-state index in [1.54, 1.807) is 18.4 Å². The molecule has 0 radical (unpaired) electrons. The van der Waals surface area contributed by atoms with Crippen LogP contribution in [0.5, 0.6) is 5.88 Å². The fourth-order valence-electron chi connectivity index (χ4n) is 2.15. The number of nitrogens with zero attached hydrogens (tertiary/aromatic N) is 3. The molecule has 0 atom stereocenters. The van der Waals surface area contributed by atoms with Crippen LogP contribution in [-0.2, 0) is 19.4 Å². The molecule has 6 nitrogen and oxygen atoms in total. The van der Waals surface area contributed by atoms with Crippen LogP contribution in [0.1, 0.15) is 36.2 Å². The highest BCUT2D eigenvalue weighted by molar-refractivity contribution is 14.0. The van der Waals surface area contributed by atoms with E-state index in [1.165, 1.54) is 4.88 Å². The van der Waals surface area contributed by atoms with Gasteiger partial charge < -0.3 is 15.4 Å². The SMILES string of the molecule is CCc1cnc(CCNC(=NC)NCc2ccc(OC(C)C)nc2)s1.I. The van der Waals surface area contributed by atoms with Gasteiger partial charge in [-0.15, -0.1) is 35.3 Å². The topological polar surface area (TPSA) is 71.4 Å². The Morgan fingerprint density at radius 3 is 2.62 bits per heavy atom. The Morgan fingerprint density at radius 2 is 2.04 bits per heavy atom. The number of hydrogen-bond acceptors (Lipinski definition) is 5. The summed E-state index contributed by atoms with van der Waals surface area (Å²) in [6.07, 6.45) is 5.86. The van der Waals surface area contributed by atoms with Crippen LogP contribution in [0.25, 0.3) is 0 Å². The third-order valence-corrected chi connectivity index (χ3v) is 4.62. The highest BCUT2D eigenvalue weighted by Crippen LogP contribution is 2.13. The Morgan fingerprint density at radius 1 is 1.23 bits per heavy atom. The molecule has 0 aromatic carbocycles. The molecule has 8 heteroatoms. The Labute approximate surface area is 176 Å². The number of ether oxygens (including phenoxy) is 1. The second kappa shape index (κ2) is 12.1. The van der Waals surface area contributed by atoms with Gasteiger partial charge in [0.15, 0.2) is 5.96 Å². The summed E-state index contributed by atoms with van der Waals surface area (Å²) in [6.45, 7) is 7.59. The van der Waals surface area contributed by atoms with Crippen molar-refractivity contribution in [1.82, 2.24) is 20.6 Å². The van der Waals surface area contributed by atoms with Crippen LogP contribution in [0.2, 0.25) is 0 Å². The van der Waals surface area contributed by atoms with E-state index in [0.717, 1.165) is 35.9 Å². The van der Waals surface area contributed by atoms with Crippen molar-refractivity contribution in [1.29, 1.82) is 0 Å². The molecule has 0 amide bonds. The molecule has 2 aromatic heterocycles. The van der Waals surface area contributed by atoms with Crippen LogP contribution in [0.4, 0.5) is 0 Å². The molecule has 2 heterocycles. The minimum Gasteiger partial charge on any atom is -0.475 e. The van der Waals surface area contributed by atoms with Crippen molar-refractivity contribution < 1.29 is 4.74 Å². The van der Waals surface area contributed by atoms with Crippen LogP contribution >= 0.6 is 35.3 Å². The normalized spacial score (nSPS) is 11.2. The van der Waals surface area contributed by atoms with Gasteiger partial charge in [0, 0.05) is 49.9 Å². The monoisotopic (exact) mass is 489 g/mol. The maximum absolute atomic E-state index is 5.55. The lowest BCUT2D eigenvalue weighted by Gasteiger charge is -2.12. The van der Waals surface area contributed by atoms with Gasteiger partial charge in [-0.3, -0.25) is 4.99 Å². The number of aryl methyl sites for hydroxylation is 1. The smallest absolute Gasteiger partial charge is 0.213 e. The zero-order chi connectivity index (χ0) is 18.1. The molecule has 2 N–H and O–H groups in total. The van der Waals surface area contributed by atoms with Gasteiger partial charge in [-0.05, 0) is 25.8 Å². The largest absolute Gasteiger partial charge is 0.475 e. The lowest BCUT2D eigenvalue weighted by atomic mass is 10.3. The van der Waals surface area contributed by atoms with E-state index >= 15 is 0 Å². The van der Waals surface area contributed by atoms with E-state index in [0.29, 0.717) is 12.4 Å². The molecule has 0 bridgehead atoms. The maximum Gasteiger partial charge on any atom is 0.213 e. The van der Waals surface area contributed by atoms with Crippen LogP contribution in [0.3, 0.4) is 0 Å². The number of hydrogen-bond donors (Lipinski definition) is 2. The first-order valence-corrected chi connectivity index (χ1v) is 9.42. The van der Waals surface area contributed by atoms with E-state index in [-0.39, 0.29) is 30.1 Å². The highest BCUT2D eigenvalue weighted by atomic mass is 127. The summed E-state index contributed by atoms with van der Waals surface area (Å²) in [5.74, 6) is 1.42. The Bertz CT molecular complexity index is 672. The average Bonchev–Trinajstić information content (AvgIpc) is 3.06. The van der Waals surface area contributed by atoms with Gasteiger partial charge in [0.2, 0.25) is 5.88 Å². The lowest BCUT2D eigenvalue weighted by Crippen LogP contribution is -2.37. The van der Waals surface area contributed by atoms with Gasteiger partial charge in [-0.2, -0.15) is 0 Å². The van der Waals surface area contributed by atoms with Gasteiger partial charge in [-0.25, -0.2) is 9.97 Å². The summed E-state index contributed by atoms with van der Waals surface area (Å²) in [5, 5.41) is 7.76. The third-order valence-electron chi connectivity index (χ3n) is 3.42. The number of guanidine groups is 1. The summed E-state index contributed by atoms with van der Waals surface area (Å²) in [6, 6.07) is 3.90. The van der Waals surface area contributed by atoms with Gasteiger partial charge in [0.25, 0.3) is 0 Å². The first-order chi connectivity index (χ1) is 12.1. The summed E-state index contributed by atoms with van der Waals surface area (Å²) in [5.41, 5.74) is 1.08. The predicted molar refractivity (Wildman–Crippen MR) is 119 cm³/mol. The van der Waals surface area contributed by atoms with E-state index < -0.39 is 0 Å². The lowest BCUT2D eigenvalue weighted by molar-refractivity contribution is 0.232. The van der Waals surface area contributed by atoms with E-state index in [4.69, 9.17) is 4.74 Å². The molecule has 0 aliphatic rings. The minimum atomic E-state index is 0. The van der Waals surface area contributed by atoms with E-state index in [1.807, 2.05) is 38.4 Å². The van der Waals surface area contributed by atoms with Crippen molar-refractivity contribution in [3.8, 4) is 5.88 Å². The van der Waals surface area contributed by atoms with Gasteiger partial charge >= 0.3 is 0 Å². The fourth-order valence-corrected chi connectivity index (χ4v) is 3.01. The summed E-state index contributed by atoms with van der Waals surface area (Å²) in [4.78, 5) is 14.3. The van der Waals surface area contributed by atoms with Crippen molar-refractivity contribution >= 4 is 41.3 Å². The number of aromatic nitrogens is 2. The molecule has 144 valence electrons. The Hall–Kier alpha value is -1.42. The highest BCUT2D eigenvalue weighted by Gasteiger charge is 2.03. The van der Waals surface area contributed by atoms with Gasteiger partial charge in [-0.1, -0.05) is 13.0 Å². The number of rotatable bonds is 8. The molecule has 0 saturated heterocycles. The maximum atomic E-state index is 5.55.